The summed E-state index contributed by atoms with van der Waals surface area (Å²) >= 11 is 0. The van der Waals surface area contributed by atoms with Gasteiger partial charge in [-0.15, -0.1) is 0 Å². The smallest absolute Gasteiger partial charge is 0.268 e. The maximum absolute atomic E-state index is 12.7. The number of carbonyl (C=O) groups excluding carboxylic acids is 2. The van der Waals surface area contributed by atoms with Crippen molar-refractivity contribution in [3.8, 4) is 0 Å². The fraction of sp³-hybridized carbons (Fsp3) is 0.133. The van der Waals surface area contributed by atoms with Crippen LogP contribution in [0.25, 0.3) is 0 Å². The Morgan fingerprint density at radius 2 is 1.68 bits per heavy atom. The molecule has 2 aromatic rings. The van der Waals surface area contributed by atoms with E-state index in [2.05, 4.69) is 4.98 Å². The molecule has 2 heterocycles. The molecular weight excluding hydrogens is 297 g/mol. The molecule has 1 aliphatic heterocycles. The number of benzene rings is 1. The van der Waals surface area contributed by atoms with E-state index in [4.69, 9.17) is 0 Å². The Hall–Kier alpha value is -2.70. The Morgan fingerprint density at radius 1 is 1.00 bits per heavy atom. The average Bonchev–Trinajstić information content (AvgIpc) is 2.69. The van der Waals surface area contributed by atoms with E-state index in [-0.39, 0.29) is 16.8 Å². The quantitative estimate of drug-likeness (QED) is 0.760. The van der Waals surface area contributed by atoms with Gasteiger partial charge in [0.1, 0.15) is 0 Å². The van der Waals surface area contributed by atoms with Gasteiger partial charge in [-0.05, 0) is 37.3 Å². The van der Waals surface area contributed by atoms with Gasteiger partial charge in [0, 0.05) is 11.9 Å². The van der Waals surface area contributed by atoms with Crippen LogP contribution in [0.5, 0.6) is 0 Å². The summed E-state index contributed by atoms with van der Waals surface area (Å²) in [5.74, 6) is -1.41. The number of carbonyl (C=O) groups is 2. The summed E-state index contributed by atoms with van der Waals surface area (Å²) in [7, 11) is 0. The van der Waals surface area contributed by atoms with Crippen molar-refractivity contribution < 1.29 is 22.8 Å². The van der Waals surface area contributed by atoms with E-state index in [1.165, 1.54) is 18.3 Å². The number of alkyl halides is 3. The number of pyridine rings is 1. The first-order valence-electron chi connectivity index (χ1n) is 6.32. The molecule has 7 heteroatoms. The molecule has 1 aliphatic rings. The van der Waals surface area contributed by atoms with E-state index in [9.17, 15) is 22.8 Å². The Bertz CT molecular complexity index is 800. The van der Waals surface area contributed by atoms with Crippen LogP contribution >= 0.6 is 0 Å². The number of hydrogen-bond acceptors (Lipinski definition) is 3. The average molecular weight is 306 g/mol. The second-order valence-electron chi connectivity index (χ2n) is 4.86. The lowest BCUT2D eigenvalue weighted by Crippen LogP contribution is -2.29. The zero-order chi connectivity index (χ0) is 16.1. The lowest BCUT2D eigenvalue weighted by molar-refractivity contribution is -0.137. The van der Waals surface area contributed by atoms with Gasteiger partial charge in [0.05, 0.1) is 22.4 Å². The molecule has 0 bridgehead atoms. The maximum Gasteiger partial charge on any atom is 0.416 e. The van der Waals surface area contributed by atoms with Gasteiger partial charge in [-0.25, -0.2) is 4.90 Å². The van der Waals surface area contributed by atoms with Crippen LogP contribution in [0.15, 0.2) is 36.5 Å². The fourth-order valence-electron chi connectivity index (χ4n) is 2.32. The summed E-state index contributed by atoms with van der Waals surface area (Å²) in [6.07, 6.45) is -3.14. The number of aromatic nitrogens is 1. The Morgan fingerprint density at radius 3 is 2.32 bits per heavy atom. The number of imide groups is 1. The zero-order valence-electron chi connectivity index (χ0n) is 11.3. The molecule has 1 aromatic carbocycles. The fourth-order valence-corrected chi connectivity index (χ4v) is 2.32. The van der Waals surface area contributed by atoms with Gasteiger partial charge in [-0.1, -0.05) is 0 Å². The molecule has 3 rings (SSSR count). The van der Waals surface area contributed by atoms with Crippen LogP contribution in [-0.4, -0.2) is 16.8 Å². The topological polar surface area (TPSA) is 50.3 Å². The number of halogens is 3. The second kappa shape index (κ2) is 4.66. The lowest BCUT2D eigenvalue weighted by atomic mass is 10.1. The molecule has 0 N–H and O–H groups in total. The molecular formula is C15H9F3N2O2. The van der Waals surface area contributed by atoms with Gasteiger partial charge < -0.3 is 0 Å². The summed E-state index contributed by atoms with van der Waals surface area (Å²) in [6.45, 7) is 1.68. The Balaban J connectivity index is 2.09. The summed E-state index contributed by atoms with van der Waals surface area (Å²) < 4.78 is 38.2. The number of amides is 2. The predicted octanol–water partition coefficient (Wildman–Crippen LogP) is 3.21. The van der Waals surface area contributed by atoms with Gasteiger partial charge >= 0.3 is 6.18 Å². The van der Waals surface area contributed by atoms with Crippen LogP contribution in [0, 0.1) is 6.92 Å². The molecule has 0 spiro atoms. The standard InChI is InChI=1S/C15H9F3N2O2/c1-8-6-10(4-5-19-8)20-13(21)11-3-2-9(15(16,17)18)7-12(11)14(20)22/h2-7H,1H3. The maximum atomic E-state index is 12.7. The minimum Gasteiger partial charge on any atom is -0.268 e. The number of anilines is 1. The first kappa shape index (κ1) is 14.2. The second-order valence-corrected chi connectivity index (χ2v) is 4.86. The highest BCUT2D eigenvalue weighted by atomic mass is 19.4. The predicted molar refractivity (Wildman–Crippen MR) is 71.6 cm³/mol. The summed E-state index contributed by atoms with van der Waals surface area (Å²) in [5.41, 5.74) is -0.362. The monoisotopic (exact) mass is 306 g/mol. The molecule has 0 unspecified atom stereocenters. The van der Waals surface area contributed by atoms with Gasteiger partial charge in [0.25, 0.3) is 11.8 Å². The van der Waals surface area contributed by atoms with Crippen molar-refractivity contribution in [1.29, 1.82) is 0 Å². The molecule has 4 nitrogen and oxygen atoms in total. The van der Waals surface area contributed by atoms with Crippen molar-refractivity contribution in [1.82, 2.24) is 4.98 Å². The van der Waals surface area contributed by atoms with Gasteiger partial charge in [0.2, 0.25) is 0 Å². The minimum absolute atomic E-state index is 0.0348. The third-order valence-electron chi connectivity index (χ3n) is 3.35. The van der Waals surface area contributed by atoms with Crippen LogP contribution in [0.2, 0.25) is 0 Å². The van der Waals surface area contributed by atoms with Crippen molar-refractivity contribution in [2.45, 2.75) is 13.1 Å². The molecule has 2 amide bonds. The van der Waals surface area contributed by atoms with Crippen molar-refractivity contribution in [2.24, 2.45) is 0 Å². The van der Waals surface area contributed by atoms with Crippen molar-refractivity contribution in [3.63, 3.8) is 0 Å². The molecule has 0 saturated carbocycles. The molecule has 112 valence electrons. The Kier molecular flexibility index (Phi) is 3.01. The number of hydrogen-bond donors (Lipinski definition) is 0. The molecule has 0 saturated heterocycles. The lowest BCUT2D eigenvalue weighted by Gasteiger charge is -2.13. The van der Waals surface area contributed by atoms with E-state index in [0.29, 0.717) is 11.8 Å². The van der Waals surface area contributed by atoms with Crippen LogP contribution in [0.3, 0.4) is 0 Å². The van der Waals surface area contributed by atoms with Crippen molar-refractivity contribution >= 4 is 17.5 Å². The highest BCUT2D eigenvalue weighted by Crippen LogP contribution is 2.34. The van der Waals surface area contributed by atoms with Crippen molar-refractivity contribution in [2.75, 3.05) is 4.90 Å². The van der Waals surface area contributed by atoms with Crippen LogP contribution in [0.4, 0.5) is 18.9 Å². The molecule has 0 fully saturated rings. The number of rotatable bonds is 1. The molecule has 0 aliphatic carbocycles. The van der Waals surface area contributed by atoms with Gasteiger partial charge in [-0.3, -0.25) is 14.6 Å². The third-order valence-corrected chi connectivity index (χ3v) is 3.35. The molecule has 1 aromatic heterocycles. The van der Waals surface area contributed by atoms with E-state index < -0.39 is 23.6 Å². The summed E-state index contributed by atoms with van der Waals surface area (Å²) in [6, 6.07) is 5.52. The van der Waals surface area contributed by atoms with E-state index >= 15 is 0 Å². The highest BCUT2D eigenvalue weighted by Gasteiger charge is 2.39. The van der Waals surface area contributed by atoms with Gasteiger partial charge in [-0.2, -0.15) is 13.2 Å². The molecule has 0 radical (unpaired) electrons. The molecule has 22 heavy (non-hydrogen) atoms. The molecule has 0 atom stereocenters. The number of aryl methyl sites for hydroxylation is 1. The minimum atomic E-state index is -4.57. The van der Waals surface area contributed by atoms with E-state index in [1.807, 2.05) is 0 Å². The van der Waals surface area contributed by atoms with Gasteiger partial charge in [0.15, 0.2) is 0 Å². The summed E-state index contributed by atoms with van der Waals surface area (Å²) in [5, 5.41) is 0. The van der Waals surface area contributed by atoms with Crippen LogP contribution in [-0.2, 0) is 6.18 Å². The SMILES string of the molecule is Cc1cc(N2C(=O)c3ccc(C(F)(F)F)cc3C2=O)ccn1. The largest absolute Gasteiger partial charge is 0.416 e. The third kappa shape index (κ3) is 2.14. The first-order chi connectivity index (χ1) is 10.3. The highest BCUT2D eigenvalue weighted by molar-refractivity contribution is 6.34. The van der Waals surface area contributed by atoms with E-state index in [1.54, 1.807) is 6.92 Å². The van der Waals surface area contributed by atoms with Crippen LogP contribution in [0.1, 0.15) is 32.0 Å². The zero-order valence-corrected chi connectivity index (χ0v) is 11.3. The Labute approximate surface area is 123 Å². The number of fused-ring (bicyclic) bond motifs is 1. The van der Waals surface area contributed by atoms with E-state index in [0.717, 1.165) is 17.0 Å². The van der Waals surface area contributed by atoms with Crippen LogP contribution < -0.4 is 4.90 Å². The number of nitrogens with zero attached hydrogens (tertiary/aromatic N) is 2. The normalized spacial score (nSPS) is 14.5. The summed E-state index contributed by atoms with van der Waals surface area (Å²) in [4.78, 5) is 29.4. The van der Waals surface area contributed by atoms with Crippen molar-refractivity contribution in [3.05, 3.63) is 58.9 Å². The first-order valence-corrected chi connectivity index (χ1v) is 6.32.